The molecule has 258 valence electrons. The van der Waals surface area contributed by atoms with Crippen LogP contribution in [-0.2, 0) is 0 Å². The second-order valence-electron chi connectivity index (χ2n) is 13.6. The molecule has 2 heterocycles. The van der Waals surface area contributed by atoms with Gasteiger partial charge in [-0.05, 0) is 56.6 Å². The standard InChI is InChI=1S/C51H33N3S/c1-3-13-34(14-4-1)35-25-29-38(30-26-35)49-52-50(54-51(53-49)46-21-8-7-19-42(46)37-15-5-2-6-16-37)39-31-27-36(28-32-39)40-17-11-18-41(33-40)43-22-12-23-45-44-20-9-10-24-47(44)55-48(43)45/h1-33H. The van der Waals surface area contributed by atoms with Crippen molar-refractivity contribution in [2.24, 2.45) is 0 Å². The molecule has 10 aromatic rings. The number of fused-ring (bicyclic) bond motifs is 3. The smallest absolute Gasteiger partial charge is 0.164 e. The number of hydrogen-bond donors (Lipinski definition) is 0. The minimum absolute atomic E-state index is 0.631. The van der Waals surface area contributed by atoms with Gasteiger partial charge in [-0.15, -0.1) is 11.3 Å². The predicted octanol–water partition coefficient (Wildman–Crippen LogP) is 13.9. The first-order valence-electron chi connectivity index (χ1n) is 18.4. The number of thiophene rings is 1. The number of hydrogen-bond acceptors (Lipinski definition) is 4. The molecule has 0 saturated carbocycles. The van der Waals surface area contributed by atoms with E-state index >= 15 is 0 Å². The van der Waals surface area contributed by atoms with E-state index in [1.54, 1.807) is 0 Å². The topological polar surface area (TPSA) is 38.7 Å². The Hall–Kier alpha value is -7.01. The fourth-order valence-corrected chi connectivity index (χ4v) is 8.64. The van der Waals surface area contributed by atoms with Gasteiger partial charge in [0.15, 0.2) is 17.5 Å². The summed E-state index contributed by atoms with van der Waals surface area (Å²) in [6.45, 7) is 0. The first-order chi connectivity index (χ1) is 27.2. The van der Waals surface area contributed by atoms with Crippen LogP contribution in [0.2, 0.25) is 0 Å². The predicted molar refractivity (Wildman–Crippen MR) is 231 cm³/mol. The summed E-state index contributed by atoms with van der Waals surface area (Å²) >= 11 is 1.86. The zero-order chi connectivity index (χ0) is 36.6. The van der Waals surface area contributed by atoms with Gasteiger partial charge in [0.05, 0.1) is 0 Å². The van der Waals surface area contributed by atoms with Gasteiger partial charge in [0.1, 0.15) is 0 Å². The summed E-state index contributed by atoms with van der Waals surface area (Å²) in [5.74, 6) is 1.90. The quantitative estimate of drug-likeness (QED) is 0.165. The Balaban J connectivity index is 1.04. The third-order valence-electron chi connectivity index (χ3n) is 10.2. The molecular formula is C51H33N3S. The van der Waals surface area contributed by atoms with Crippen molar-refractivity contribution in [1.29, 1.82) is 0 Å². The van der Waals surface area contributed by atoms with Crippen molar-refractivity contribution in [3.05, 3.63) is 200 Å². The molecule has 0 atom stereocenters. The Bertz CT molecular complexity index is 2950. The Kier molecular flexibility index (Phi) is 8.36. The number of rotatable bonds is 7. The molecule has 0 unspecified atom stereocenters. The maximum absolute atomic E-state index is 5.13. The van der Waals surface area contributed by atoms with Crippen LogP contribution in [0.25, 0.3) is 98.8 Å². The third-order valence-corrected chi connectivity index (χ3v) is 11.4. The molecule has 4 heteroatoms. The zero-order valence-electron chi connectivity index (χ0n) is 29.8. The van der Waals surface area contributed by atoms with Crippen molar-refractivity contribution in [1.82, 2.24) is 15.0 Å². The molecule has 0 bridgehead atoms. The number of benzene rings is 8. The van der Waals surface area contributed by atoms with E-state index in [0.29, 0.717) is 17.5 Å². The van der Waals surface area contributed by atoms with Crippen LogP contribution in [0, 0.1) is 0 Å². The summed E-state index contributed by atoms with van der Waals surface area (Å²) in [4.78, 5) is 15.3. The van der Waals surface area contributed by atoms with Gasteiger partial charge in [-0.1, -0.05) is 188 Å². The van der Waals surface area contributed by atoms with E-state index in [-0.39, 0.29) is 0 Å². The molecule has 0 radical (unpaired) electrons. The summed E-state index contributed by atoms with van der Waals surface area (Å²) in [6.07, 6.45) is 0. The second kappa shape index (κ2) is 14.1. The minimum Gasteiger partial charge on any atom is -0.208 e. The summed E-state index contributed by atoms with van der Waals surface area (Å²) in [5, 5.41) is 2.62. The molecule has 0 aliphatic heterocycles. The third kappa shape index (κ3) is 6.29. The number of nitrogens with zero attached hydrogens (tertiary/aromatic N) is 3. The molecule has 0 saturated heterocycles. The minimum atomic E-state index is 0.631. The highest BCUT2D eigenvalue weighted by atomic mass is 32.1. The van der Waals surface area contributed by atoms with Gasteiger partial charge in [0, 0.05) is 36.9 Å². The van der Waals surface area contributed by atoms with Crippen molar-refractivity contribution < 1.29 is 0 Å². The van der Waals surface area contributed by atoms with Gasteiger partial charge in [0.2, 0.25) is 0 Å². The Morgan fingerprint density at radius 1 is 0.273 bits per heavy atom. The van der Waals surface area contributed by atoms with Gasteiger partial charge in [0.25, 0.3) is 0 Å². The van der Waals surface area contributed by atoms with Crippen LogP contribution in [0.15, 0.2) is 200 Å². The molecule has 0 fully saturated rings. The normalized spacial score (nSPS) is 11.3. The summed E-state index contributed by atoms with van der Waals surface area (Å²) in [6, 6.07) is 70.4. The van der Waals surface area contributed by atoms with E-state index in [2.05, 4.69) is 182 Å². The first-order valence-corrected chi connectivity index (χ1v) is 19.3. The average molecular weight is 720 g/mol. The van der Waals surface area contributed by atoms with Crippen molar-refractivity contribution in [3.8, 4) is 78.7 Å². The highest BCUT2D eigenvalue weighted by Gasteiger charge is 2.16. The van der Waals surface area contributed by atoms with Crippen LogP contribution in [0.1, 0.15) is 0 Å². The van der Waals surface area contributed by atoms with Crippen molar-refractivity contribution in [2.45, 2.75) is 0 Å². The highest BCUT2D eigenvalue weighted by Crippen LogP contribution is 2.41. The highest BCUT2D eigenvalue weighted by molar-refractivity contribution is 7.26. The molecular weight excluding hydrogens is 687 g/mol. The molecule has 0 aliphatic carbocycles. The van der Waals surface area contributed by atoms with E-state index in [0.717, 1.165) is 44.5 Å². The van der Waals surface area contributed by atoms with Gasteiger partial charge in [-0.25, -0.2) is 15.0 Å². The average Bonchev–Trinajstić information content (AvgIpc) is 3.66. The lowest BCUT2D eigenvalue weighted by atomic mass is 9.97. The van der Waals surface area contributed by atoms with E-state index < -0.39 is 0 Å². The van der Waals surface area contributed by atoms with Crippen molar-refractivity contribution in [3.63, 3.8) is 0 Å². The maximum atomic E-state index is 5.13. The molecule has 8 aromatic carbocycles. The lowest BCUT2D eigenvalue weighted by molar-refractivity contribution is 1.07. The SMILES string of the molecule is c1ccc(-c2ccc(-c3nc(-c4ccc(-c5cccc(-c6cccc7c6sc6ccccc67)c5)cc4)nc(-c4ccccc4-c4ccccc4)n3)cc2)cc1. The van der Waals surface area contributed by atoms with Gasteiger partial charge >= 0.3 is 0 Å². The molecule has 0 aliphatic rings. The van der Waals surface area contributed by atoms with Gasteiger partial charge in [-0.2, -0.15) is 0 Å². The van der Waals surface area contributed by atoms with Gasteiger partial charge in [-0.3, -0.25) is 0 Å². The summed E-state index contributed by atoms with van der Waals surface area (Å²) < 4.78 is 2.63. The van der Waals surface area contributed by atoms with Crippen LogP contribution in [0.5, 0.6) is 0 Å². The Morgan fingerprint density at radius 3 is 1.44 bits per heavy atom. The van der Waals surface area contributed by atoms with Gasteiger partial charge < -0.3 is 0 Å². The second-order valence-corrected chi connectivity index (χ2v) is 14.7. The molecule has 0 amide bonds. The van der Waals surface area contributed by atoms with Crippen LogP contribution >= 0.6 is 11.3 Å². The zero-order valence-corrected chi connectivity index (χ0v) is 30.6. The van der Waals surface area contributed by atoms with Crippen LogP contribution < -0.4 is 0 Å². The Morgan fingerprint density at radius 2 is 0.727 bits per heavy atom. The lowest BCUT2D eigenvalue weighted by Crippen LogP contribution is -2.01. The van der Waals surface area contributed by atoms with E-state index in [1.165, 1.54) is 36.9 Å². The molecule has 3 nitrogen and oxygen atoms in total. The fourth-order valence-electron chi connectivity index (χ4n) is 7.40. The van der Waals surface area contributed by atoms with E-state index in [4.69, 9.17) is 15.0 Å². The number of aromatic nitrogens is 3. The van der Waals surface area contributed by atoms with E-state index in [9.17, 15) is 0 Å². The van der Waals surface area contributed by atoms with Crippen molar-refractivity contribution >= 4 is 31.5 Å². The molecule has 2 aromatic heterocycles. The molecule has 0 spiro atoms. The summed E-state index contributed by atoms with van der Waals surface area (Å²) in [5.41, 5.74) is 12.1. The fraction of sp³-hybridized carbons (Fsp3) is 0. The monoisotopic (exact) mass is 719 g/mol. The summed E-state index contributed by atoms with van der Waals surface area (Å²) in [7, 11) is 0. The van der Waals surface area contributed by atoms with Crippen LogP contribution in [0.4, 0.5) is 0 Å². The van der Waals surface area contributed by atoms with Crippen LogP contribution in [0.3, 0.4) is 0 Å². The Labute approximate surface area is 323 Å². The lowest BCUT2D eigenvalue weighted by Gasteiger charge is -2.13. The van der Waals surface area contributed by atoms with Crippen LogP contribution in [-0.4, -0.2) is 15.0 Å². The first kappa shape index (κ1) is 32.6. The largest absolute Gasteiger partial charge is 0.208 e. The van der Waals surface area contributed by atoms with Crippen molar-refractivity contribution in [2.75, 3.05) is 0 Å². The molecule has 10 rings (SSSR count). The molecule has 55 heavy (non-hydrogen) atoms. The van der Waals surface area contributed by atoms with E-state index in [1.807, 2.05) is 29.5 Å². The maximum Gasteiger partial charge on any atom is 0.164 e. The molecule has 0 N–H and O–H groups in total.